The van der Waals surface area contributed by atoms with E-state index in [1.165, 1.54) is 10.6 Å². The second kappa shape index (κ2) is 7.98. The van der Waals surface area contributed by atoms with E-state index >= 15 is 0 Å². The summed E-state index contributed by atoms with van der Waals surface area (Å²) in [5, 5.41) is 3.80. The topological polar surface area (TPSA) is 107 Å². The molecule has 0 N–H and O–H groups in total. The first-order valence-electron chi connectivity index (χ1n) is 9.36. The molecule has 29 heavy (non-hydrogen) atoms. The Morgan fingerprint density at radius 2 is 2.03 bits per heavy atom. The molecule has 0 radical (unpaired) electrons. The molecule has 0 unspecified atom stereocenters. The summed E-state index contributed by atoms with van der Waals surface area (Å²) in [6.45, 7) is 5.39. The number of benzene rings is 1. The van der Waals surface area contributed by atoms with Gasteiger partial charge in [-0.2, -0.15) is 0 Å². The number of sulfonamides is 1. The minimum atomic E-state index is -3.37. The molecule has 0 saturated carbocycles. The van der Waals surface area contributed by atoms with Crippen molar-refractivity contribution in [2.75, 3.05) is 23.7 Å². The number of aromatic nitrogens is 1. The number of carbonyl (C=O) groups is 2. The van der Waals surface area contributed by atoms with Gasteiger partial charge in [-0.05, 0) is 43.5 Å². The number of carbonyl (C=O) groups excluding carboxylic acids is 2. The first-order valence-corrected chi connectivity index (χ1v) is 11.2. The van der Waals surface area contributed by atoms with Crippen LogP contribution in [0.25, 0.3) is 0 Å². The predicted octanol–water partition coefficient (Wildman–Crippen LogP) is 2.86. The first kappa shape index (κ1) is 21.0. The molecular weight excluding hydrogens is 396 g/mol. The highest BCUT2D eigenvalue weighted by Gasteiger charge is 2.26. The van der Waals surface area contributed by atoms with Gasteiger partial charge >= 0.3 is 5.97 Å². The van der Waals surface area contributed by atoms with Crippen LogP contribution in [0.15, 0.2) is 22.7 Å². The second-order valence-corrected chi connectivity index (χ2v) is 9.35. The number of ether oxygens (including phenoxy) is 1. The molecule has 2 heterocycles. The lowest BCUT2D eigenvalue weighted by Crippen LogP contribution is -2.34. The molecule has 0 saturated heterocycles. The molecule has 9 heteroatoms. The molecule has 1 aliphatic heterocycles. The lowest BCUT2D eigenvalue weighted by Gasteiger charge is -2.29. The van der Waals surface area contributed by atoms with Gasteiger partial charge in [0.05, 0.1) is 17.6 Å². The van der Waals surface area contributed by atoms with Gasteiger partial charge in [0.2, 0.25) is 10.0 Å². The van der Waals surface area contributed by atoms with E-state index in [1.807, 2.05) is 13.8 Å². The third kappa shape index (κ3) is 4.34. The maximum atomic E-state index is 12.5. The second-order valence-electron chi connectivity index (χ2n) is 7.44. The number of aryl methyl sites for hydroxylation is 2. The minimum Gasteiger partial charge on any atom is -0.454 e. The first-order chi connectivity index (χ1) is 13.6. The predicted molar refractivity (Wildman–Crippen MR) is 107 cm³/mol. The molecular formula is C20H24N2O6S. The van der Waals surface area contributed by atoms with Crippen LogP contribution in [0.5, 0.6) is 0 Å². The number of ketones is 1. The van der Waals surface area contributed by atoms with Crippen molar-refractivity contribution in [2.45, 2.75) is 39.5 Å². The summed E-state index contributed by atoms with van der Waals surface area (Å²) in [4.78, 5) is 25.0. The maximum absolute atomic E-state index is 12.5. The van der Waals surface area contributed by atoms with Crippen LogP contribution in [0, 0.1) is 6.92 Å². The van der Waals surface area contributed by atoms with E-state index in [2.05, 4.69) is 5.16 Å². The fourth-order valence-electron chi connectivity index (χ4n) is 3.40. The van der Waals surface area contributed by atoms with Crippen molar-refractivity contribution >= 4 is 27.5 Å². The Hall–Kier alpha value is -2.68. The Bertz CT molecular complexity index is 1050. The van der Waals surface area contributed by atoms with Gasteiger partial charge in [0.15, 0.2) is 18.2 Å². The summed E-state index contributed by atoms with van der Waals surface area (Å²) in [5.74, 6) is -0.637. The monoisotopic (exact) mass is 420 g/mol. The molecule has 0 spiro atoms. The zero-order valence-corrected chi connectivity index (χ0v) is 17.7. The fraction of sp³-hybridized carbons (Fsp3) is 0.450. The van der Waals surface area contributed by atoms with Crippen molar-refractivity contribution in [2.24, 2.45) is 0 Å². The van der Waals surface area contributed by atoms with Crippen molar-refractivity contribution in [1.29, 1.82) is 0 Å². The molecule has 0 fully saturated rings. The van der Waals surface area contributed by atoms with Gasteiger partial charge in [0.25, 0.3) is 0 Å². The maximum Gasteiger partial charge on any atom is 0.344 e. The molecule has 0 bridgehead atoms. The normalized spacial score (nSPS) is 14.0. The standard InChI is InChI=1S/C20H24N2O6S/c1-12(2)19-18(13(3)21-28-19)20(24)27-11-17(23)15-7-8-16-14(10-15)6-5-9-22(16)29(4,25)26/h7-8,10,12H,5-6,9,11H2,1-4H3. The van der Waals surface area contributed by atoms with Gasteiger partial charge in [-0.25, -0.2) is 13.2 Å². The van der Waals surface area contributed by atoms with Crippen molar-refractivity contribution < 1.29 is 27.3 Å². The van der Waals surface area contributed by atoms with Crippen LogP contribution in [-0.2, 0) is 21.2 Å². The SMILES string of the molecule is Cc1noc(C(C)C)c1C(=O)OCC(=O)c1ccc2c(c1)CCCN2S(C)(=O)=O. The van der Waals surface area contributed by atoms with Crippen molar-refractivity contribution in [3.05, 3.63) is 46.3 Å². The zero-order chi connectivity index (χ0) is 21.3. The van der Waals surface area contributed by atoms with Crippen molar-refractivity contribution in [3.8, 4) is 0 Å². The van der Waals surface area contributed by atoms with Gasteiger partial charge in [0, 0.05) is 18.0 Å². The lowest BCUT2D eigenvalue weighted by atomic mass is 9.99. The van der Waals surface area contributed by atoms with E-state index in [4.69, 9.17) is 9.26 Å². The molecule has 3 rings (SSSR count). The van der Waals surface area contributed by atoms with Gasteiger partial charge in [-0.15, -0.1) is 0 Å². The Balaban J connectivity index is 1.74. The van der Waals surface area contributed by atoms with Crippen LogP contribution in [0.4, 0.5) is 5.69 Å². The summed E-state index contributed by atoms with van der Waals surface area (Å²) in [6.07, 6.45) is 2.52. The lowest BCUT2D eigenvalue weighted by molar-refractivity contribution is 0.0471. The van der Waals surface area contributed by atoms with Crippen molar-refractivity contribution in [1.82, 2.24) is 5.16 Å². The Morgan fingerprint density at radius 1 is 1.31 bits per heavy atom. The number of rotatable bonds is 6. The third-order valence-corrected chi connectivity index (χ3v) is 6.01. The Morgan fingerprint density at radius 3 is 2.69 bits per heavy atom. The van der Waals surface area contributed by atoms with Gasteiger partial charge in [0.1, 0.15) is 5.56 Å². The summed E-state index contributed by atoms with van der Waals surface area (Å²) in [5.41, 5.74) is 2.42. The van der Waals surface area contributed by atoms with E-state index in [9.17, 15) is 18.0 Å². The van der Waals surface area contributed by atoms with Crippen LogP contribution in [0.1, 0.15) is 63.9 Å². The molecule has 156 valence electrons. The highest BCUT2D eigenvalue weighted by molar-refractivity contribution is 7.92. The number of hydrogen-bond acceptors (Lipinski definition) is 7. The van der Waals surface area contributed by atoms with E-state index < -0.39 is 22.6 Å². The number of nitrogens with zero attached hydrogens (tertiary/aromatic N) is 2. The molecule has 1 aromatic carbocycles. The van der Waals surface area contributed by atoms with Crippen LogP contribution < -0.4 is 4.31 Å². The highest BCUT2D eigenvalue weighted by atomic mass is 32.2. The van der Waals surface area contributed by atoms with E-state index in [1.54, 1.807) is 25.1 Å². The zero-order valence-electron chi connectivity index (χ0n) is 16.9. The average molecular weight is 420 g/mol. The van der Waals surface area contributed by atoms with E-state index in [-0.39, 0.29) is 17.3 Å². The molecule has 1 aliphatic rings. The molecule has 1 aromatic heterocycles. The minimum absolute atomic E-state index is 0.0483. The van der Waals surface area contributed by atoms with Crippen LogP contribution in [0.3, 0.4) is 0 Å². The molecule has 0 aliphatic carbocycles. The van der Waals surface area contributed by atoms with Crippen LogP contribution in [0.2, 0.25) is 0 Å². The Labute approximate surface area is 169 Å². The quantitative estimate of drug-likeness (QED) is 0.522. The fourth-order valence-corrected chi connectivity index (χ4v) is 4.39. The Kier molecular flexibility index (Phi) is 5.79. The molecule has 0 atom stereocenters. The van der Waals surface area contributed by atoms with Crippen molar-refractivity contribution in [3.63, 3.8) is 0 Å². The highest BCUT2D eigenvalue weighted by Crippen LogP contribution is 2.30. The van der Waals surface area contributed by atoms with Gasteiger partial charge < -0.3 is 9.26 Å². The number of hydrogen-bond donors (Lipinski definition) is 0. The summed E-state index contributed by atoms with van der Waals surface area (Å²) >= 11 is 0. The third-order valence-electron chi connectivity index (χ3n) is 4.83. The van der Waals surface area contributed by atoms with Gasteiger partial charge in [-0.1, -0.05) is 19.0 Å². The molecule has 0 amide bonds. The van der Waals surface area contributed by atoms with Crippen LogP contribution >= 0.6 is 0 Å². The van der Waals surface area contributed by atoms with Crippen LogP contribution in [-0.4, -0.2) is 44.7 Å². The summed E-state index contributed by atoms with van der Waals surface area (Å²) in [6, 6.07) is 4.86. The van der Waals surface area contributed by atoms with E-state index in [0.717, 1.165) is 5.56 Å². The number of fused-ring (bicyclic) bond motifs is 1. The van der Waals surface area contributed by atoms with E-state index in [0.29, 0.717) is 42.1 Å². The summed E-state index contributed by atoms with van der Waals surface area (Å²) < 4.78 is 35.6. The molecule has 8 nitrogen and oxygen atoms in total. The largest absolute Gasteiger partial charge is 0.454 e. The van der Waals surface area contributed by atoms with Gasteiger partial charge in [-0.3, -0.25) is 9.10 Å². The molecule has 2 aromatic rings. The summed E-state index contributed by atoms with van der Waals surface area (Å²) in [7, 11) is -3.37. The smallest absolute Gasteiger partial charge is 0.344 e. The average Bonchev–Trinajstić information content (AvgIpc) is 3.06. The number of Topliss-reactive ketones (excluding diaryl/α,β-unsaturated/α-hetero) is 1. The number of esters is 1. The number of anilines is 1.